The van der Waals surface area contributed by atoms with Crippen LogP contribution in [0.1, 0.15) is 27.0 Å². The lowest BCUT2D eigenvalue weighted by Crippen LogP contribution is -2.10. The average Bonchev–Trinajstić information content (AvgIpc) is 2.66. The molecule has 132 valence electrons. The van der Waals surface area contributed by atoms with Gasteiger partial charge in [0.2, 0.25) is 0 Å². The Bertz CT molecular complexity index is 847. The lowest BCUT2D eigenvalue weighted by atomic mass is 10.1. The standard InChI is InChI=1S/C23H22O3/c1-17-7-6-8-18(2)22(17)26-23(24)20-11-13-21(14-12-20)25-16-15-19-9-4-3-5-10-19/h3-14H,15-16H2,1-2H3. The first kappa shape index (κ1) is 17.7. The number of para-hydroxylation sites is 1. The summed E-state index contributed by atoms with van der Waals surface area (Å²) in [6.45, 7) is 4.45. The summed E-state index contributed by atoms with van der Waals surface area (Å²) in [5, 5.41) is 0. The van der Waals surface area contributed by atoms with Gasteiger partial charge in [-0.05, 0) is 54.8 Å². The zero-order valence-corrected chi connectivity index (χ0v) is 15.1. The molecule has 0 N–H and O–H groups in total. The number of benzene rings is 3. The molecule has 0 unspecified atom stereocenters. The van der Waals surface area contributed by atoms with Crippen LogP contribution in [0.2, 0.25) is 0 Å². The molecule has 0 spiro atoms. The summed E-state index contributed by atoms with van der Waals surface area (Å²) in [6.07, 6.45) is 0.844. The number of ether oxygens (including phenoxy) is 2. The summed E-state index contributed by atoms with van der Waals surface area (Å²) < 4.78 is 11.3. The lowest BCUT2D eigenvalue weighted by Gasteiger charge is -2.11. The van der Waals surface area contributed by atoms with Gasteiger partial charge in [0.15, 0.2) is 0 Å². The van der Waals surface area contributed by atoms with E-state index in [0.717, 1.165) is 23.3 Å². The van der Waals surface area contributed by atoms with Crippen molar-refractivity contribution in [2.75, 3.05) is 6.61 Å². The highest BCUT2D eigenvalue weighted by Crippen LogP contribution is 2.24. The van der Waals surface area contributed by atoms with Crippen LogP contribution in [-0.2, 0) is 6.42 Å². The Hall–Kier alpha value is -3.07. The monoisotopic (exact) mass is 346 g/mol. The fraction of sp³-hybridized carbons (Fsp3) is 0.174. The van der Waals surface area contributed by atoms with E-state index in [0.29, 0.717) is 17.9 Å². The van der Waals surface area contributed by atoms with Crippen LogP contribution in [0.25, 0.3) is 0 Å². The van der Waals surface area contributed by atoms with E-state index in [1.54, 1.807) is 24.3 Å². The molecule has 0 atom stereocenters. The zero-order valence-electron chi connectivity index (χ0n) is 15.1. The third-order valence-corrected chi connectivity index (χ3v) is 4.20. The first-order chi connectivity index (χ1) is 12.6. The second-order valence-corrected chi connectivity index (χ2v) is 6.22. The Morgan fingerprint density at radius 3 is 2.12 bits per heavy atom. The lowest BCUT2D eigenvalue weighted by molar-refractivity contribution is 0.0732. The minimum atomic E-state index is -0.363. The summed E-state index contributed by atoms with van der Waals surface area (Å²) in [4.78, 5) is 12.4. The molecule has 3 nitrogen and oxygen atoms in total. The Morgan fingerprint density at radius 1 is 0.808 bits per heavy atom. The number of carbonyl (C=O) groups excluding carboxylic acids is 1. The van der Waals surface area contributed by atoms with Crippen molar-refractivity contribution in [3.63, 3.8) is 0 Å². The summed E-state index contributed by atoms with van der Waals surface area (Å²) in [5.74, 6) is 1.00. The smallest absolute Gasteiger partial charge is 0.343 e. The second-order valence-electron chi connectivity index (χ2n) is 6.22. The van der Waals surface area contributed by atoms with Crippen molar-refractivity contribution in [2.24, 2.45) is 0 Å². The maximum atomic E-state index is 12.4. The topological polar surface area (TPSA) is 35.5 Å². The number of aryl methyl sites for hydroxylation is 2. The number of hydrogen-bond acceptors (Lipinski definition) is 3. The van der Waals surface area contributed by atoms with Gasteiger partial charge in [-0.1, -0.05) is 48.5 Å². The van der Waals surface area contributed by atoms with Crippen LogP contribution < -0.4 is 9.47 Å². The molecule has 0 aliphatic rings. The van der Waals surface area contributed by atoms with Gasteiger partial charge in [0.25, 0.3) is 0 Å². The molecule has 0 bridgehead atoms. The van der Waals surface area contributed by atoms with Gasteiger partial charge in [-0.15, -0.1) is 0 Å². The van der Waals surface area contributed by atoms with Crippen molar-refractivity contribution >= 4 is 5.97 Å². The molecular weight excluding hydrogens is 324 g/mol. The Morgan fingerprint density at radius 2 is 1.46 bits per heavy atom. The maximum absolute atomic E-state index is 12.4. The van der Waals surface area contributed by atoms with Crippen LogP contribution in [-0.4, -0.2) is 12.6 Å². The molecule has 0 saturated carbocycles. The van der Waals surface area contributed by atoms with E-state index in [1.807, 2.05) is 50.2 Å². The Balaban J connectivity index is 1.57. The fourth-order valence-corrected chi connectivity index (χ4v) is 2.73. The number of esters is 1. The molecule has 3 heteroatoms. The first-order valence-corrected chi connectivity index (χ1v) is 8.68. The van der Waals surface area contributed by atoms with Gasteiger partial charge in [0.1, 0.15) is 11.5 Å². The Labute approximate surface area is 154 Å². The molecule has 0 saturated heterocycles. The van der Waals surface area contributed by atoms with Gasteiger partial charge < -0.3 is 9.47 Å². The van der Waals surface area contributed by atoms with Crippen molar-refractivity contribution in [3.05, 3.63) is 95.1 Å². The van der Waals surface area contributed by atoms with E-state index >= 15 is 0 Å². The molecule has 3 rings (SSSR count). The number of rotatable bonds is 6. The third-order valence-electron chi connectivity index (χ3n) is 4.20. The molecule has 0 aliphatic carbocycles. The highest BCUT2D eigenvalue weighted by Gasteiger charge is 2.12. The summed E-state index contributed by atoms with van der Waals surface area (Å²) in [5.41, 5.74) is 3.63. The van der Waals surface area contributed by atoms with Crippen LogP contribution in [0.3, 0.4) is 0 Å². The highest BCUT2D eigenvalue weighted by atomic mass is 16.5. The minimum Gasteiger partial charge on any atom is -0.493 e. The van der Waals surface area contributed by atoms with Gasteiger partial charge in [-0.3, -0.25) is 0 Å². The largest absolute Gasteiger partial charge is 0.493 e. The van der Waals surface area contributed by atoms with Crippen LogP contribution >= 0.6 is 0 Å². The molecule has 0 aliphatic heterocycles. The SMILES string of the molecule is Cc1cccc(C)c1OC(=O)c1ccc(OCCc2ccccc2)cc1. The quantitative estimate of drug-likeness (QED) is 0.458. The van der Waals surface area contributed by atoms with Crippen LogP contribution in [0.5, 0.6) is 11.5 Å². The maximum Gasteiger partial charge on any atom is 0.343 e. The van der Waals surface area contributed by atoms with Crippen molar-refractivity contribution in [1.82, 2.24) is 0 Å². The minimum absolute atomic E-state index is 0.363. The van der Waals surface area contributed by atoms with E-state index < -0.39 is 0 Å². The molecule has 3 aromatic carbocycles. The molecule has 0 fully saturated rings. The van der Waals surface area contributed by atoms with Crippen molar-refractivity contribution < 1.29 is 14.3 Å². The zero-order chi connectivity index (χ0) is 18.4. The van der Waals surface area contributed by atoms with Gasteiger partial charge in [0.05, 0.1) is 12.2 Å². The predicted molar refractivity (Wildman–Crippen MR) is 103 cm³/mol. The molecular formula is C23H22O3. The van der Waals surface area contributed by atoms with E-state index in [4.69, 9.17) is 9.47 Å². The highest BCUT2D eigenvalue weighted by molar-refractivity contribution is 5.91. The van der Waals surface area contributed by atoms with Crippen molar-refractivity contribution in [2.45, 2.75) is 20.3 Å². The third kappa shape index (κ3) is 4.51. The van der Waals surface area contributed by atoms with E-state index in [2.05, 4.69) is 12.1 Å². The van der Waals surface area contributed by atoms with Crippen LogP contribution in [0.4, 0.5) is 0 Å². The van der Waals surface area contributed by atoms with E-state index in [1.165, 1.54) is 5.56 Å². The summed E-state index contributed by atoms with van der Waals surface area (Å²) in [6, 6.07) is 23.1. The predicted octanol–water partition coefficient (Wildman–Crippen LogP) is 5.14. The van der Waals surface area contributed by atoms with E-state index in [-0.39, 0.29) is 5.97 Å². The fourth-order valence-electron chi connectivity index (χ4n) is 2.73. The van der Waals surface area contributed by atoms with Gasteiger partial charge in [0, 0.05) is 6.42 Å². The number of carbonyl (C=O) groups is 1. The Kier molecular flexibility index (Phi) is 5.69. The van der Waals surface area contributed by atoms with Crippen molar-refractivity contribution in [3.8, 4) is 11.5 Å². The molecule has 26 heavy (non-hydrogen) atoms. The first-order valence-electron chi connectivity index (χ1n) is 8.68. The molecule has 0 heterocycles. The summed E-state index contributed by atoms with van der Waals surface area (Å²) in [7, 11) is 0. The average molecular weight is 346 g/mol. The van der Waals surface area contributed by atoms with Crippen molar-refractivity contribution in [1.29, 1.82) is 0 Å². The van der Waals surface area contributed by atoms with Gasteiger partial charge in [-0.2, -0.15) is 0 Å². The summed E-state index contributed by atoms with van der Waals surface area (Å²) >= 11 is 0. The molecule has 0 amide bonds. The molecule has 0 radical (unpaired) electrons. The van der Waals surface area contributed by atoms with Crippen LogP contribution in [0.15, 0.2) is 72.8 Å². The van der Waals surface area contributed by atoms with Crippen LogP contribution in [0, 0.1) is 13.8 Å². The van der Waals surface area contributed by atoms with E-state index in [9.17, 15) is 4.79 Å². The second kappa shape index (κ2) is 8.34. The molecule has 0 aromatic heterocycles. The van der Waals surface area contributed by atoms with Gasteiger partial charge in [-0.25, -0.2) is 4.79 Å². The normalized spacial score (nSPS) is 10.4. The molecule has 3 aromatic rings. The number of hydrogen-bond donors (Lipinski definition) is 0. The van der Waals surface area contributed by atoms with Gasteiger partial charge >= 0.3 is 5.97 Å².